The molecule has 1 aromatic carbocycles. The third-order valence-corrected chi connectivity index (χ3v) is 1.90. The van der Waals surface area contributed by atoms with Crippen LogP contribution < -0.4 is 10.6 Å². The van der Waals surface area contributed by atoms with Crippen molar-refractivity contribution < 1.29 is 23.1 Å². The minimum atomic E-state index is -1.16. The second-order valence-electron chi connectivity index (χ2n) is 3.21. The molecule has 0 aliphatic heterocycles. The van der Waals surface area contributed by atoms with E-state index >= 15 is 0 Å². The number of carbonyl (C=O) groups is 2. The van der Waals surface area contributed by atoms with E-state index in [1.807, 2.05) is 0 Å². The number of halogens is 2. The highest BCUT2D eigenvalue weighted by atomic mass is 19.2. The summed E-state index contributed by atoms with van der Waals surface area (Å²) in [4.78, 5) is 22.2. The average Bonchev–Trinajstić information content (AvgIpc) is 2.33. The predicted molar refractivity (Wildman–Crippen MR) is 60.0 cm³/mol. The van der Waals surface area contributed by atoms with Crippen molar-refractivity contribution >= 4 is 17.7 Å². The van der Waals surface area contributed by atoms with Crippen molar-refractivity contribution in [1.29, 1.82) is 0 Å². The Morgan fingerprint density at radius 3 is 2.72 bits per heavy atom. The van der Waals surface area contributed by atoms with Crippen molar-refractivity contribution in [2.75, 3.05) is 18.5 Å². The van der Waals surface area contributed by atoms with Crippen LogP contribution in [0.15, 0.2) is 18.2 Å². The summed E-state index contributed by atoms with van der Waals surface area (Å²) in [5.74, 6) is -2.85. The molecule has 1 aromatic rings. The van der Waals surface area contributed by atoms with Crippen LogP contribution in [0.5, 0.6) is 0 Å². The fraction of sp³-hybridized carbons (Fsp3) is 0.273. The Morgan fingerprint density at radius 2 is 2.06 bits per heavy atom. The number of carbonyl (C=O) groups excluding carboxylic acids is 2. The van der Waals surface area contributed by atoms with Gasteiger partial charge in [-0.3, -0.25) is 4.79 Å². The van der Waals surface area contributed by atoms with E-state index in [0.717, 1.165) is 6.07 Å². The quantitative estimate of drug-likeness (QED) is 0.807. The zero-order valence-corrected chi connectivity index (χ0v) is 9.63. The molecule has 2 amide bonds. The number of ether oxygens (including phenoxy) is 1. The van der Waals surface area contributed by atoms with Gasteiger partial charge in [-0.15, -0.1) is 0 Å². The highest BCUT2D eigenvalue weighted by Crippen LogP contribution is 2.15. The number of esters is 1. The van der Waals surface area contributed by atoms with E-state index in [9.17, 15) is 18.4 Å². The summed E-state index contributed by atoms with van der Waals surface area (Å²) in [7, 11) is 0. The second kappa shape index (κ2) is 6.53. The Balaban J connectivity index is 2.50. The number of nitrogens with one attached hydrogen (secondary N) is 2. The first-order valence-corrected chi connectivity index (χ1v) is 5.19. The van der Waals surface area contributed by atoms with Gasteiger partial charge in [0.25, 0.3) is 0 Å². The van der Waals surface area contributed by atoms with Crippen molar-refractivity contribution in [1.82, 2.24) is 5.32 Å². The summed E-state index contributed by atoms with van der Waals surface area (Å²) in [6, 6.07) is 2.55. The van der Waals surface area contributed by atoms with Crippen molar-refractivity contribution in [2.24, 2.45) is 0 Å². The average molecular weight is 258 g/mol. The first-order valence-electron chi connectivity index (χ1n) is 5.19. The van der Waals surface area contributed by atoms with Crippen LogP contribution in [0, 0.1) is 11.6 Å². The Morgan fingerprint density at radius 1 is 1.33 bits per heavy atom. The van der Waals surface area contributed by atoms with E-state index in [0.29, 0.717) is 0 Å². The molecule has 2 N–H and O–H groups in total. The lowest BCUT2D eigenvalue weighted by atomic mass is 10.3. The zero-order valence-electron chi connectivity index (χ0n) is 9.63. The lowest BCUT2D eigenvalue weighted by Crippen LogP contribution is -2.34. The summed E-state index contributed by atoms with van der Waals surface area (Å²) in [6.45, 7) is 1.47. The van der Waals surface area contributed by atoms with Gasteiger partial charge in [0, 0.05) is 0 Å². The van der Waals surface area contributed by atoms with E-state index in [-0.39, 0.29) is 18.8 Å². The van der Waals surface area contributed by atoms with E-state index in [2.05, 4.69) is 15.4 Å². The molecule has 0 heterocycles. The summed E-state index contributed by atoms with van der Waals surface area (Å²) < 4.78 is 30.6. The minimum absolute atomic E-state index is 0.195. The molecule has 0 aliphatic rings. The van der Waals surface area contributed by atoms with Gasteiger partial charge in [-0.25, -0.2) is 13.6 Å². The molecule has 0 radical (unpaired) electrons. The number of benzene rings is 1. The van der Waals surface area contributed by atoms with Crippen LogP contribution in [0.1, 0.15) is 6.92 Å². The first-order chi connectivity index (χ1) is 8.54. The van der Waals surface area contributed by atoms with E-state index in [1.54, 1.807) is 6.92 Å². The van der Waals surface area contributed by atoms with Crippen molar-refractivity contribution in [3.8, 4) is 0 Å². The summed E-state index contributed by atoms with van der Waals surface area (Å²) >= 11 is 0. The van der Waals surface area contributed by atoms with Crippen molar-refractivity contribution in [3.63, 3.8) is 0 Å². The summed E-state index contributed by atoms with van der Waals surface area (Å²) in [5, 5.41) is 4.22. The standard InChI is InChI=1S/C11H12F2N2O3/c1-2-18-9(16)6-14-11(17)15-8-5-3-4-7(12)10(8)13/h3-5H,2,6H2,1H3,(H2,14,15,17). The molecule has 0 aliphatic carbocycles. The number of amides is 2. The largest absolute Gasteiger partial charge is 0.465 e. The molecule has 0 unspecified atom stereocenters. The fourth-order valence-electron chi connectivity index (χ4n) is 1.13. The van der Waals surface area contributed by atoms with Gasteiger partial charge in [-0.2, -0.15) is 0 Å². The lowest BCUT2D eigenvalue weighted by Gasteiger charge is -2.08. The first kappa shape index (κ1) is 13.9. The molecule has 0 atom stereocenters. The number of rotatable bonds is 4. The Bertz CT molecular complexity index is 452. The number of anilines is 1. The molecule has 0 aromatic heterocycles. The maximum atomic E-state index is 13.2. The van der Waals surface area contributed by atoms with Crippen LogP contribution in [0.3, 0.4) is 0 Å². The van der Waals surface area contributed by atoms with Gasteiger partial charge in [-0.05, 0) is 19.1 Å². The van der Waals surface area contributed by atoms with Gasteiger partial charge in [-0.1, -0.05) is 6.07 Å². The third-order valence-electron chi connectivity index (χ3n) is 1.90. The number of urea groups is 1. The molecule has 1 rings (SSSR count). The Hall–Kier alpha value is -2.18. The van der Waals surface area contributed by atoms with Crippen LogP contribution >= 0.6 is 0 Å². The molecule has 5 nitrogen and oxygen atoms in total. The number of hydrogen-bond acceptors (Lipinski definition) is 3. The van der Waals surface area contributed by atoms with Crippen molar-refractivity contribution in [3.05, 3.63) is 29.8 Å². The third kappa shape index (κ3) is 4.00. The molecule has 0 bridgehead atoms. The highest BCUT2D eigenvalue weighted by Gasteiger charge is 2.11. The maximum absolute atomic E-state index is 13.2. The SMILES string of the molecule is CCOC(=O)CNC(=O)Nc1cccc(F)c1F. The normalized spacial score (nSPS) is 9.72. The molecule has 98 valence electrons. The Kier molecular flexibility index (Phi) is 5.04. The van der Waals surface area contributed by atoms with E-state index in [4.69, 9.17) is 0 Å². The van der Waals surface area contributed by atoms with Gasteiger partial charge in [0.05, 0.1) is 12.3 Å². The molecule has 0 saturated carbocycles. The minimum Gasteiger partial charge on any atom is -0.465 e. The van der Waals surface area contributed by atoms with Crippen LogP contribution in [-0.2, 0) is 9.53 Å². The van der Waals surface area contributed by atoms with Gasteiger partial charge < -0.3 is 15.4 Å². The topological polar surface area (TPSA) is 67.4 Å². The second-order valence-corrected chi connectivity index (χ2v) is 3.21. The number of hydrogen-bond donors (Lipinski definition) is 2. The lowest BCUT2D eigenvalue weighted by molar-refractivity contribution is -0.141. The zero-order chi connectivity index (χ0) is 13.5. The maximum Gasteiger partial charge on any atom is 0.325 e. The van der Waals surface area contributed by atoms with E-state index < -0.39 is 23.6 Å². The molecule has 18 heavy (non-hydrogen) atoms. The molecular formula is C11H12F2N2O3. The van der Waals surface area contributed by atoms with Gasteiger partial charge in [0.1, 0.15) is 6.54 Å². The molecule has 0 spiro atoms. The smallest absolute Gasteiger partial charge is 0.325 e. The summed E-state index contributed by atoms with van der Waals surface area (Å²) in [6.07, 6.45) is 0. The van der Waals surface area contributed by atoms with Crippen LogP contribution in [0.25, 0.3) is 0 Å². The van der Waals surface area contributed by atoms with Gasteiger partial charge >= 0.3 is 12.0 Å². The predicted octanol–water partition coefficient (Wildman–Crippen LogP) is 1.65. The van der Waals surface area contributed by atoms with E-state index in [1.165, 1.54) is 12.1 Å². The fourth-order valence-corrected chi connectivity index (χ4v) is 1.13. The van der Waals surface area contributed by atoms with Gasteiger partial charge in [0.2, 0.25) is 0 Å². The van der Waals surface area contributed by atoms with Crippen molar-refractivity contribution in [2.45, 2.75) is 6.92 Å². The van der Waals surface area contributed by atoms with Crippen LogP contribution in [0.4, 0.5) is 19.3 Å². The molecule has 0 saturated heterocycles. The Labute approximate surface area is 102 Å². The van der Waals surface area contributed by atoms with Crippen LogP contribution in [-0.4, -0.2) is 25.2 Å². The van der Waals surface area contributed by atoms with Gasteiger partial charge in [0.15, 0.2) is 11.6 Å². The van der Waals surface area contributed by atoms with Crippen LogP contribution in [0.2, 0.25) is 0 Å². The highest BCUT2D eigenvalue weighted by molar-refractivity contribution is 5.91. The summed E-state index contributed by atoms with van der Waals surface area (Å²) in [5.41, 5.74) is -0.309. The molecule has 0 fully saturated rings. The molecular weight excluding hydrogens is 246 g/mol. The molecule has 7 heteroatoms. The monoisotopic (exact) mass is 258 g/mol.